The Morgan fingerprint density at radius 3 is 3.06 bits per heavy atom. The lowest BCUT2D eigenvalue weighted by Crippen LogP contribution is -2.00. The number of hydrogen-bond acceptors (Lipinski definition) is 5. The van der Waals surface area contributed by atoms with E-state index >= 15 is 0 Å². The van der Waals surface area contributed by atoms with Gasteiger partial charge in [-0.2, -0.15) is 0 Å². The van der Waals surface area contributed by atoms with E-state index in [2.05, 4.69) is 19.5 Å². The molecule has 0 bridgehead atoms. The molecule has 0 unspecified atom stereocenters. The quantitative estimate of drug-likeness (QED) is 0.778. The second-order valence-electron chi connectivity index (χ2n) is 5.12. The van der Waals surface area contributed by atoms with Crippen LogP contribution in [0.15, 0.2) is 12.7 Å². The summed E-state index contributed by atoms with van der Waals surface area (Å²) in [6, 6.07) is 0.430. The first-order valence-electron chi connectivity index (χ1n) is 5.80. The Morgan fingerprint density at radius 1 is 1.41 bits per heavy atom. The Kier molecular flexibility index (Phi) is 1.52. The molecular formula is C11H13N5O. The third-order valence-electron chi connectivity index (χ3n) is 4.30. The molecule has 88 valence electrons. The number of hydrogen-bond donors (Lipinski definition) is 2. The van der Waals surface area contributed by atoms with Gasteiger partial charge in [0.25, 0.3) is 0 Å². The number of aliphatic hydroxyl groups is 1. The van der Waals surface area contributed by atoms with E-state index in [1.54, 1.807) is 6.33 Å². The number of aromatic nitrogens is 4. The van der Waals surface area contributed by atoms with Crippen LogP contribution in [0.5, 0.6) is 0 Å². The largest absolute Gasteiger partial charge is 0.396 e. The molecule has 0 aromatic carbocycles. The van der Waals surface area contributed by atoms with Crippen LogP contribution in [0.25, 0.3) is 11.2 Å². The van der Waals surface area contributed by atoms with E-state index in [1.165, 1.54) is 6.33 Å². The number of nitrogen functional groups attached to an aromatic ring is 1. The van der Waals surface area contributed by atoms with Crippen molar-refractivity contribution in [2.24, 2.45) is 11.3 Å². The van der Waals surface area contributed by atoms with Crippen LogP contribution in [0.1, 0.15) is 18.9 Å². The molecule has 2 aliphatic carbocycles. The second-order valence-corrected chi connectivity index (χ2v) is 5.12. The van der Waals surface area contributed by atoms with Crippen molar-refractivity contribution in [2.45, 2.75) is 18.9 Å². The molecule has 6 heteroatoms. The molecule has 17 heavy (non-hydrogen) atoms. The van der Waals surface area contributed by atoms with Crippen molar-refractivity contribution in [3.8, 4) is 0 Å². The normalized spacial score (nSPS) is 34.4. The molecule has 2 aromatic heterocycles. The van der Waals surface area contributed by atoms with Gasteiger partial charge in [0, 0.05) is 12.6 Å². The van der Waals surface area contributed by atoms with Gasteiger partial charge in [0.2, 0.25) is 0 Å². The maximum absolute atomic E-state index is 9.18. The maximum atomic E-state index is 9.18. The predicted molar refractivity (Wildman–Crippen MR) is 61.0 cm³/mol. The first kappa shape index (κ1) is 9.35. The highest BCUT2D eigenvalue weighted by Crippen LogP contribution is 2.76. The lowest BCUT2D eigenvalue weighted by Gasteiger charge is -2.01. The molecule has 2 fully saturated rings. The summed E-state index contributed by atoms with van der Waals surface area (Å²) in [6.45, 7) is 0.292. The van der Waals surface area contributed by atoms with Gasteiger partial charge >= 0.3 is 0 Å². The van der Waals surface area contributed by atoms with Gasteiger partial charge in [-0.3, -0.25) is 0 Å². The zero-order chi connectivity index (χ0) is 11.6. The number of imidazole rings is 1. The second kappa shape index (κ2) is 2.76. The highest BCUT2D eigenvalue weighted by molar-refractivity contribution is 5.81. The predicted octanol–water partition coefficient (Wildman–Crippen LogP) is 0.352. The van der Waals surface area contributed by atoms with Crippen molar-refractivity contribution in [2.75, 3.05) is 12.3 Å². The Labute approximate surface area is 97.5 Å². The summed E-state index contributed by atoms with van der Waals surface area (Å²) in [5.41, 5.74) is 7.57. The van der Waals surface area contributed by atoms with Crippen LogP contribution in [0, 0.1) is 11.3 Å². The minimum Gasteiger partial charge on any atom is -0.396 e. The van der Waals surface area contributed by atoms with Gasteiger partial charge in [0.15, 0.2) is 11.5 Å². The molecule has 3 atom stereocenters. The van der Waals surface area contributed by atoms with E-state index in [0.29, 0.717) is 35.3 Å². The van der Waals surface area contributed by atoms with Crippen LogP contribution in [0.2, 0.25) is 0 Å². The summed E-state index contributed by atoms with van der Waals surface area (Å²) in [4.78, 5) is 12.5. The molecule has 3 N–H and O–H groups in total. The topological polar surface area (TPSA) is 89.9 Å². The van der Waals surface area contributed by atoms with Gasteiger partial charge in [-0.1, -0.05) is 0 Å². The lowest BCUT2D eigenvalue weighted by atomic mass is 10.3. The van der Waals surface area contributed by atoms with E-state index in [0.717, 1.165) is 18.5 Å². The zero-order valence-electron chi connectivity index (χ0n) is 9.24. The Morgan fingerprint density at radius 2 is 2.29 bits per heavy atom. The van der Waals surface area contributed by atoms with Crippen LogP contribution < -0.4 is 5.73 Å². The fourth-order valence-corrected chi connectivity index (χ4v) is 3.08. The fourth-order valence-electron chi connectivity index (χ4n) is 3.08. The molecule has 1 spiro atoms. The van der Waals surface area contributed by atoms with Crippen LogP contribution in [0.4, 0.5) is 5.82 Å². The van der Waals surface area contributed by atoms with Crippen LogP contribution in [-0.4, -0.2) is 31.2 Å². The van der Waals surface area contributed by atoms with Crippen molar-refractivity contribution in [1.82, 2.24) is 19.5 Å². The highest BCUT2D eigenvalue weighted by atomic mass is 16.3. The molecule has 2 heterocycles. The zero-order valence-corrected chi connectivity index (χ0v) is 9.24. The number of rotatable bonds is 2. The monoisotopic (exact) mass is 231 g/mol. The number of aliphatic hydroxyl groups excluding tert-OH is 1. The van der Waals surface area contributed by atoms with Gasteiger partial charge in [0.1, 0.15) is 11.8 Å². The van der Waals surface area contributed by atoms with Crippen molar-refractivity contribution >= 4 is 17.0 Å². The van der Waals surface area contributed by atoms with Crippen molar-refractivity contribution in [1.29, 1.82) is 0 Å². The molecule has 0 amide bonds. The van der Waals surface area contributed by atoms with E-state index in [-0.39, 0.29) is 0 Å². The molecule has 4 rings (SSSR count). The smallest absolute Gasteiger partial charge is 0.165 e. The average Bonchev–Trinajstić information content (AvgIpc) is 3.18. The number of nitrogens with two attached hydrogens (primary N) is 1. The summed E-state index contributed by atoms with van der Waals surface area (Å²) in [5.74, 6) is 0.891. The number of fused-ring (bicyclic) bond motifs is 1. The van der Waals surface area contributed by atoms with Gasteiger partial charge in [-0.05, 0) is 24.2 Å². The first-order valence-corrected chi connectivity index (χ1v) is 5.80. The highest BCUT2D eigenvalue weighted by Gasteiger charge is 2.71. The van der Waals surface area contributed by atoms with Crippen molar-refractivity contribution < 1.29 is 5.11 Å². The van der Waals surface area contributed by atoms with Crippen molar-refractivity contribution in [3.05, 3.63) is 12.7 Å². The van der Waals surface area contributed by atoms with Gasteiger partial charge < -0.3 is 15.4 Å². The molecule has 2 aliphatic rings. The third-order valence-corrected chi connectivity index (χ3v) is 4.30. The van der Waals surface area contributed by atoms with Gasteiger partial charge in [-0.25, -0.2) is 15.0 Å². The Bertz CT molecular complexity index is 609. The average molecular weight is 231 g/mol. The molecular weight excluding hydrogens is 218 g/mol. The van der Waals surface area contributed by atoms with Gasteiger partial charge in [-0.15, -0.1) is 0 Å². The van der Waals surface area contributed by atoms with E-state index < -0.39 is 0 Å². The Hall–Kier alpha value is -1.69. The standard InChI is InChI=1S/C11H13N5O/c12-9-8-10(14-4-13-9)16(5-15-8)7-2-11(7)1-6(11)3-17/h4-7,17H,1-3H2,(H2,12,13,14)/t6-,7-,11-/m0/s1. The number of anilines is 1. The van der Waals surface area contributed by atoms with E-state index in [9.17, 15) is 5.11 Å². The van der Waals surface area contributed by atoms with Crippen LogP contribution in [0.3, 0.4) is 0 Å². The van der Waals surface area contributed by atoms with Crippen molar-refractivity contribution in [3.63, 3.8) is 0 Å². The molecule has 0 radical (unpaired) electrons. The lowest BCUT2D eigenvalue weighted by molar-refractivity contribution is 0.264. The molecule has 2 saturated carbocycles. The summed E-state index contributed by atoms with van der Waals surface area (Å²) in [6.07, 6.45) is 5.51. The molecule has 2 aromatic rings. The molecule has 0 aliphatic heterocycles. The molecule has 0 saturated heterocycles. The van der Waals surface area contributed by atoms with Crippen LogP contribution in [-0.2, 0) is 0 Å². The van der Waals surface area contributed by atoms with E-state index in [1.807, 2.05) is 0 Å². The summed E-state index contributed by atoms with van der Waals surface area (Å²) >= 11 is 0. The summed E-state index contributed by atoms with van der Waals surface area (Å²) < 4.78 is 2.09. The minimum atomic E-state index is 0.292. The summed E-state index contributed by atoms with van der Waals surface area (Å²) in [7, 11) is 0. The van der Waals surface area contributed by atoms with Gasteiger partial charge in [0.05, 0.1) is 6.33 Å². The summed E-state index contributed by atoms with van der Waals surface area (Å²) in [5, 5.41) is 9.18. The third kappa shape index (κ3) is 1.06. The SMILES string of the molecule is Nc1ncnc2c1ncn2[C@H]1C[C@]12C[C@H]2CO. The van der Waals surface area contributed by atoms with E-state index in [4.69, 9.17) is 5.73 Å². The maximum Gasteiger partial charge on any atom is 0.165 e. The Balaban J connectivity index is 1.77. The first-order chi connectivity index (χ1) is 8.26. The number of nitrogens with zero attached hydrogens (tertiary/aromatic N) is 4. The molecule has 6 nitrogen and oxygen atoms in total. The fraction of sp³-hybridized carbons (Fsp3) is 0.545. The minimum absolute atomic E-state index is 0.292. The van der Waals surface area contributed by atoms with Crippen LogP contribution >= 0.6 is 0 Å².